The molecule has 0 unspecified atom stereocenters. The Morgan fingerprint density at radius 2 is 1.50 bits per heavy atom. The molecule has 4 heavy (non-hydrogen) atoms. The Balaban J connectivity index is -0.000000000833. The molecule has 0 saturated heterocycles. The van der Waals surface area contributed by atoms with Crippen molar-refractivity contribution < 1.29 is 40.4 Å². The molecule has 0 aliphatic heterocycles. The van der Waals surface area contributed by atoms with E-state index in [2.05, 4.69) is 0 Å². The van der Waals surface area contributed by atoms with E-state index in [1.807, 2.05) is 0 Å². The molecule has 0 rings (SSSR count). The Kier molecular flexibility index (Phi) is 99.3. The predicted molar refractivity (Wildman–Crippen MR) is 8.66 cm³/mol. The van der Waals surface area contributed by atoms with Crippen molar-refractivity contribution >= 4 is 23.1 Å². The second-order valence-electron chi connectivity index (χ2n) is 0. The fraction of sp³-hybridized carbons (Fsp3) is 0. The molecule has 0 N–H and O–H groups in total. The van der Waals surface area contributed by atoms with Crippen LogP contribution in [-0.2, 0) is 37.5 Å². The van der Waals surface area contributed by atoms with Gasteiger partial charge in [-0.3, -0.25) is 0 Å². The molecule has 0 amide bonds. The molecule has 0 atom stereocenters. The third-order valence-electron chi connectivity index (χ3n) is 0. The second kappa shape index (κ2) is 22.8. The van der Waals surface area contributed by atoms with Crippen LogP contribution in [0.15, 0.2) is 0 Å². The summed E-state index contributed by atoms with van der Waals surface area (Å²) >= 11 is 1.06. The van der Waals surface area contributed by atoms with Gasteiger partial charge >= 0.3 is 44.1 Å². The summed E-state index contributed by atoms with van der Waals surface area (Å²) in [5.74, 6) is 0. The van der Waals surface area contributed by atoms with Crippen LogP contribution in [0.1, 0.15) is 2.85 Å². The molecule has 0 bridgehead atoms. The van der Waals surface area contributed by atoms with Crippen molar-refractivity contribution in [1.29, 1.82) is 0 Å². The average molecular weight is 152 g/mol. The fourth-order valence-electron chi connectivity index (χ4n) is 0. The molecule has 0 heterocycles. The number of hydrogen-bond acceptors (Lipinski definition) is 1. The van der Waals surface area contributed by atoms with Crippen LogP contribution in [0.3, 0.4) is 0 Å². The predicted octanol–water partition coefficient (Wildman–Crippen LogP) is -0.280. The summed E-state index contributed by atoms with van der Waals surface area (Å²) in [5.41, 5.74) is 0. The van der Waals surface area contributed by atoms with Gasteiger partial charge in [0.1, 0.15) is 0 Å². The van der Waals surface area contributed by atoms with Gasteiger partial charge in [0, 0.05) is 16.5 Å². The maximum absolute atomic E-state index is 8.19. The summed E-state index contributed by atoms with van der Waals surface area (Å²) in [4.78, 5) is 0. The molecule has 0 aromatic rings. The quantitative estimate of drug-likeness (QED) is 0.436. The van der Waals surface area contributed by atoms with Crippen LogP contribution in [0.5, 0.6) is 0 Å². The monoisotopic (exact) mass is 151 g/mol. The first-order chi connectivity index (χ1) is 1.00. The Morgan fingerprint density at radius 3 is 1.50 bits per heavy atom. The van der Waals surface area contributed by atoms with E-state index < -0.39 is 0 Å². The third-order valence-corrected chi connectivity index (χ3v) is 0. The maximum atomic E-state index is 8.19. The molecule has 0 spiro atoms. The van der Waals surface area contributed by atoms with Gasteiger partial charge in [-0.1, -0.05) is 0 Å². The first-order valence-electron chi connectivity index (χ1n) is 0.183. The van der Waals surface area contributed by atoms with Gasteiger partial charge in [-0.15, -0.1) is 0 Å². The molecule has 0 radical (unpaired) electrons. The van der Waals surface area contributed by atoms with Crippen LogP contribution in [0, 0.1) is 0 Å². The average Bonchev–Trinajstić information content (AvgIpc) is 1.00. The summed E-state index contributed by atoms with van der Waals surface area (Å²) in [6, 6.07) is 0. The molecule has 0 fully saturated rings. The van der Waals surface area contributed by atoms with E-state index in [-0.39, 0.29) is 42.4 Å². The van der Waals surface area contributed by atoms with Crippen LogP contribution in [0.2, 0.25) is 0 Å². The van der Waals surface area contributed by atoms with E-state index in [4.69, 9.17) is 3.67 Å². The molecule has 4 heteroatoms. The zero-order valence-electron chi connectivity index (χ0n) is 3.88. The molecule has 0 aromatic heterocycles. The molecule has 0 aliphatic carbocycles. The van der Waals surface area contributed by atoms with Crippen LogP contribution >= 0.6 is 0 Å². The minimum absolute atomic E-state index is 0. The van der Waals surface area contributed by atoms with Gasteiger partial charge in [0.2, 0.25) is 0 Å². The minimum atomic E-state index is 0. The van der Waals surface area contributed by atoms with Crippen molar-refractivity contribution in [3.05, 3.63) is 0 Å². The van der Waals surface area contributed by atoms with E-state index in [9.17, 15) is 0 Å². The molecular weight excluding hydrogens is 150 g/mol. The summed E-state index contributed by atoms with van der Waals surface area (Å²) in [6.07, 6.45) is 0. The van der Waals surface area contributed by atoms with Crippen molar-refractivity contribution in [1.82, 2.24) is 0 Å². The topological polar surface area (TPSA) is 17.1 Å². The van der Waals surface area contributed by atoms with Crippen molar-refractivity contribution in [2.45, 2.75) is 0 Å². The molecule has 25 valence electrons. The summed E-state index contributed by atoms with van der Waals surface area (Å²) in [6.45, 7) is 0. The third kappa shape index (κ3) is 9.43. The fourth-order valence-corrected chi connectivity index (χ4v) is 0. The Morgan fingerprint density at radius 1 is 1.50 bits per heavy atom. The molecule has 0 aliphatic rings. The van der Waals surface area contributed by atoms with E-state index in [0.717, 1.165) is 17.4 Å². The summed E-state index contributed by atoms with van der Waals surface area (Å²) in [5, 5.41) is 0. The summed E-state index contributed by atoms with van der Waals surface area (Å²) < 4.78 is 8.19. The zero-order valence-corrected chi connectivity index (χ0v) is 5.68. The first-order valence-corrected chi connectivity index (χ1v) is 0.753. The first kappa shape index (κ1) is 17.4. The van der Waals surface area contributed by atoms with Gasteiger partial charge in [0.05, 0.1) is 0 Å². The Labute approximate surface area is 63.2 Å². The number of rotatable bonds is 0. The van der Waals surface area contributed by atoms with Crippen LogP contribution in [0.4, 0.5) is 0 Å². The Bertz CT molecular complexity index is 13.5. The standard InChI is InChI=1S/Mg.Ni.O.V.2H/q+2;;;;2*-1. The second-order valence-corrected chi connectivity index (χ2v) is 0. The van der Waals surface area contributed by atoms with E-state index in [1.54, 1.807) is 0 Å². The molecular formula is H2MgNiOV. The molecule has 1 nitrogen and oxygen atoms in total. The van der Waals surface area contributed by atoms with Crippen molar-refractivity contribution in [3.63, 3.8) is 0 Å². The van der Waals surface area contributed by atoms with E-state index in [0.29, 0.717) is 0 Å². The van der Waals surface area contributed by atoms with E-state index in [1.165, 1.54) is 0 Å². The van der Waals surface area contributed by atoms with Crippen LogP contribution < -0.4 is 0 Å². The van der Waals surface area contributed by atoms with Gasteiger partial charge in [0.15, 0.2) is 0 Å². The Hall–Kier alpha value is 1.64. The van der Waals surface area contributed by atoms with Gasteiger partial charge < -0.3 is 2.85 Å². The van der Waals surface area contributed by atoms with E-state index >= 15 is 0 Å². The summed E-state index contributed by atoms with van der Waals surface area (Å²) in [7, 11) is 0. The SMILES string of the molecule is [H-].[H-].[Mg+2].[Ni].[O]=[V]. The molecule has 0 saturated carbocycles. The van der Waals surface area contributed by atoms with Crippen LogP contribution in [-0.4, -0.2) is 23.1 Å². The zero-order chi connectivity index (χ0) is 2.00. The van der Waals surface area contributed by atoms with Gasteiger partial charge in [-0.25, -0.2) is 0 Å². The van der Waals surface area contributed by atoms with Crippen molar-refractivity contribution in [2.75, 3.05) is 0 Å². The van der Waals surface area contributed by atoms with Crippen molar-refractivity contribution in [2.24, 2.45) is 0 Å². The van der Waals surface area contributed by atoms with Crippen LogP contribution in [0.25, 0.3) is 0 Å². The van der Waals surface area contributed by atoms with Gasteiger partial charge in [-0.05, 0) is 0 Å². The van der Waals surface area contributed by atoms with Gasteiger partial charge in [0.25, 0.3) is 0 Å². The molecule has 0 aromatic carbocycles. The van der Waals surface area contributed by atoms with Gasteiger partial charge in [-0.2, -0.15) is 0 Å². The van der Waals surface area contributed by atoms with Crippen molar-refractivity contribution in [3.8, 4) is 0 Å². The normalized spacial score (nSPS) is 0.750. The number of hydrogen-bond donors (Lipinski definition) is 0.